The molecule has 2 aromatic rings. The average molecular weight is 325 g/mol. The summed E-state index contributed by atoms with van der Waals surface area (Å²) in [6.45, 7) is 7.92. The van der Waals surface area contributed by atoms with Crippen molar-refractivity contribution in [3.8, 4) is 0 Å². The summed E-state index contributed by atoms with van der Waals surface area (Å²) in [6.07, 6.45) is 4.93. The molecule has 0 aliphatic carbocycles. The van der Waals surface area contributed by atoms with Gasteiger partial charge in [0.15, 0.2) is 0 Å². The summed E-state index contributed by atoms with van der Waals surface area (Å²) in [5.74, 6) is -0.388. The summed E-state index contributed by atoms with van der Waals surface area (Å²) in [5.41, 5.74) is 2.19. The summed E-state index contributed by atoms with van der Waals surface area (Å²) in [4.78, 5) is 23.2. The Morgan fingerprint density at radius 3 is 2.62 bits per heavy atom. The second kappa shape index (κ2) is 8.42. The zero-order valence-corrected chi connectivity index (χ0v) is 13.2. The first kappa shape index (κ1) is 17.1. The van der Waals surface area contributed by atoms with E-state index in [1.807, 2.05) is 0 Å². The Labute approximate surface area is 140 Å². The molecule has 0 bridgehead atoms. The van der Waals surface area contributed by atoms with Crippen molar-refractivity contribution < 1.29 is 9.59 Å². The first-order valence-corrected chi connectivity index (χ1v) is 7.39. The van der Waals surface area contributed by atoms with E-state index < -0.39 is 0 Å². The lowest BCUT2D eigenvalue weighted by Crippen LogP contribution is -2.24. The zero-order chi connectivity index (χ0) is 17.4. The molecule has 2 rings (SSSR count). The Balaban J connectivity index is 1.82. The van der Waals surface area contributed by atoms with E-state index in [0.29, 0.717) is 24.5 Å². The number of anilines is 1. The van der Waals surface area contributed by atoms with Gasteiger partial charge in [-0.2, -0.15) is 0 Å². The number of nitrogens with one attached hydrogen (secondary N) is 2. The van der Waals surface area contributed by atoms with E-state index in [-0.39, 0.29) is 18.2 Å². The first-order chi connectivity index (χ1) is 11.6. The minimum absolute atomic E-state index is 0.115. The van der Waals surface area contributed by atoms with Crippen molar-refractivity contribution in [2.45, 2.75) is 19.5 Å². The minimum atomic E-state index is -0.273. The number of allylic oxidation sites excluding steroid dienone is 1. The fourth-order valence-electron chi connectivity index (χ4n) is 1.98. The van der Waals surface area contributed by atoms with Crippen LogP contribution in [-0.2, 0) is 29.1 Å². The van der Waals surface area contributed by atoms with Crippen molar-refractivity contribution in [3.63, 3.8) is 0 Å². The van der Waals surface area contributed by atoms with E-state index in [1.165, 1.54) is 6.08 Å². The summed E-state index contributed by atoms with van der Waals surface area (Å²) in [6, 6.07) is 7.06. The number of hydrogen-bond acceptors (Lipinski definition) is 4. The Bertz CT molecular complexity index is 734. The molecule has 0 radical (unpaired) electrons. The van der Waals surface area contributed by atoms with Crippen LogP contribution in [0, 0.1) is 0 Å². The fraction of sp³-hybridized carbons (Fsp3) is 0.176. The normalized spacial score (nSPS) is 10.0. The molecule has 1 heterocycles. The molecule has 0 aliphatic heterocycles. The predicted octanol–water partition coefficient (Wildman–Crippen LogP) is 1.45. The number of aromatic nitrogens is 3. The van der Waals surface area contributed by atoms with Gasteiger partial charge in [-0.15, -0.1) is 11.7 Å². The Morgan fingerprint density at radius 1 is 1.21 bits per heavy atom. The third kappa shape index (κ3) is 5.20. The maximum absolute atomic E-state index is 12.0. The lowest BCUT2D eigenvalue weighted by atomic mass is 10.1. The van der Waals surface area contributed by atoms with Gasteiger partial charge in [0.1, 0.15) is 5.69 Å². The third-order valence-corrected chi connectivity index (χ3v) is 3.14. The number of amides is 2. The Hall–Kier alpha value is -3.22. The molecule has 0 atom stereocenters. The minimum Gasteiger partial charge on any atom is -0.350 e. The van der Waals surface area contributed by atoms with Crippen LogP contribution >= 0.6 is 0 Å². The highest BCUT2D eigenvalue weighted by Crippen LogP contribution is 2.10. The first-order valence-electron chi connectivity index (χ1n) is 7.39. The SMILES string of the molecule is C=CCn1cc(CNC(=O)Cc2ccc(NC(=O)C=C)cc2)nn1. The van der Waals surface area contributed by atoms with Gasteiger partial charge in [0.2, 0.25) is 11.8 Å². The van der Waals surface area contributed by atoms with E-state index in [0.717, 1.165) is 5.56 Å². The van der Waals surface area contributed by atoms with Crippen LogP contribution in [0.5, 0.6) is 0 Å². The standard InChI is InChI=1S/C17H19N5O2/c1-3-9-22-12-15(20-21-22)11-18-17(24)10-13-5-7-14(8-6-13)19-16(23)4-2/h3-8,12H,1-2,9-11H2,(H,18,24)(H,19,23). The zero-order valence-electron chi connectivity index (χ0n) is 13.2. The predicted molar refractivity (Wildman–Crippen MR) is 91.0 cm³/mol. The smallest absolute Gasteiger partial charge is 0.247 e. The summed E-state index contributed by atoms with van der Waals surface area (Å²) in [5, 5.41) is 13.3. The van der Waals surface area contributed by atoms with Gasteiger partial charge in [-0.1, -0.05) is 30.0 Å². The van der Waals surface area contributed by atoms with Crippen LogP contribution in [0.15, 0.2) is 55.8 Å². The average Bonchev–Trinajstić information content (AvgIpc) is 3.03. The van der Waals surface area contributed by atoms with Gasteiger partial charge >= 0.3 is 0 Å². The fourth-order valence-corrected chi connectivity index (χ4v) is 1.98. The van der Waals surface area contributed by atoms with E-state index in [2.05, 4.69) is 34.1 Å². The Morgan fingerprint density at radius 2 is 1.96 bits per heavy atom. The monoisotopic (exact) mass is 325 g/mol. The molecule has 1 aromatic heterocycles. The molecule has 2 N–H and O–H groups in total. The van der Waals surface area contributed by atoms with Crippen molar-refractivity contribution in [2.75, 3.05) is 5.32 Å². The van der Waals surface area contributed by atoms with E-state index >= 15 is 0 Å². The van der Waals surface area contributed by atoms with E-state index in [4.69, 9.17) is 0 Å². The number of carbonyl (C=O) groups is 2. The molecular weight excluding hydrogens is 306 g/mol. The van der Waals surface area contributed by atoms with Crippen LogP contribution < -0.4 is 10.6 Å². The number of benzene rings is 1. The van der Waals surface area contributed by atoms with Gasteiger partial charge < -0.3 is 10.6 Å². The lowest BCUT2D eigenvalue weighted by Gasteiger charge is -2.05. The Kier molecular flexibility index (Phi) is 6.01. The molecule has 0 fully saturated rings. The van der Waals surface area contributed by atoms with Crippen molar-refractivity contribution in [3.05, 3.63) is 67.0 Å². The third-order valence-electron chi connectivity index (χ3n) is 3.14. The van der Waals surface area contributed by atoms with Crippen LogP contribution in [0.4, 0.5) is 5.69 Å². The van der Waals surface area contributed by atoms with Crippen molar-refractivity contribution >= 4 is 17.5 Å². The molecule has 7 nitrogen and oxygen atoms in total. The van der Waals surface area contributed by atoms with Crippen LogP contribution in [-0.4, -0.2) is 26.8 Å². The van der Waals surface area contributed by atoms with Gasteiger partial charge in [0, 0.05) is 5.69 Å². The molecule has 124 valence electrons. The maximum atomic E-state index is 12.0. The van der Waals surface area contributed by atoms with Gasteiger partial charge in [0.05, 0.1) is 25.7 Å². The molecule has 0 saturated heterocycles. The highest BCUT2D eigenvalue weighted by atomic mass is 16.2. The molecule has 0 aliphatic rings. The second-order valence-electron chi connectivity index (χ2n) is 5.06. The quantitative estimate of drug-likeness (QED) is 0.568. The highest BCUT2D eigenvalue weighted by molar-refractivity contribution is 5.98. The largest absolute Gasteiger partial charge is 0.350 e. The number of hydrogen-bond donors (Lipinski definition) is 2. The topological polar surface area (TPSA) is 88.9 Å². The van der Waals surface area contributed by atoms with Gasteiger partial charge in [-0.3, -0.25) is 9.59 Å². The molecule has 24 heavy (non-hydrogen) atoms. The summed E-state index contributed by atoms with van der Waals surface area (Å²) in [7, 11) is 0. The molecule has 0 unspecified atom stereocenters. The number of rotatable bonds is 8. The van der Waals surface area contributed by atoms with Gasteiger partial charge in [-0.05, 0) is 23.8 Å². The van der Waals surface area contributed by atoms with E-state index in [9.17, 15) is 9.59 Å². The summed E-state index contributed by atoms with van der Waals surface area (Å²) >= 11 is 0. The van der Waals surface area contributed by atoms with Crippen LogP contribution in [0.2, 0.25) is 0 Å². The van der Waals surface area contributed by atoms with Crippen molar-refractivity contribution in [2.24, 2.45) is 0 Å². The van der Waals surface area contributed by atoms with E-state index in [1.54, 1.807) is 41.2 Å². The van der Waals surface area contributed by atoms with Crippen LogP contribution in [0.25, 0.3) is 0 Å². The molecule has 1 aromatic carbocycles. The van der Waals surface area contributed by atoms with Crippen molar-refractivity contribution in [1.29, 1.82) is 0 Å². The van der Waals surface area contributed by atoms with Gasteiger partial charge in [-0.25, -0.2) is 4.68 Å². The van der Waals surface area contributed by atoms with Crippen LogP contribution in [0.1, 0.15) is 11.3 Å². The molecule has 2 amide bonds. The molecule has 7 heteroatoms. The maximum Gasteiger partial charge on any atom is 0.247 e. The van der Waals surface area contributed by atoms with Crippen molar-refractivity contribution in [1.82, 2.24) is 20.3 Å². The number of carbonyl (C=O) groups excluding carboxylic acids is 2. The second-order valence-corrected chi connectivity index (χ2v) is 5.06. The molecule has 0 spiro atoms. The highest BCUT2D eigenvalue weighted by Gasteiger charge is 2.06. The molecular formula is C17H19N5O2. The van der Waals surface area contributed by atoms with Crippen LogP contribution in [0.3, 0.4) is 0 Å². The summed E-state index contributed by atoms with van der Waals surface area (Å²) < 4.78 is 1.64. The molecule has 0 saturated carbocycles. The lowest BCUT2D eigenvalue weighted by molar-refractivity contribution is -0.120. The number of nitrogens with zero attached hydrogens (tertiary/aromatic N) is 3. The van der Waals surface area contributed by atoms with Gasteiger partial charge in [0.25, 0.3) is 0 Å².